The molecule has 0 atom stereocenters. The molecule has 0 saturated heterocycles. The molecule has 0 radical (unpaired) electrons. The summed E-state index contributed by atoms with van der Waals surface area (Å²) in [5.41, 5.74) is 1.64. The molecule has 5 heteroatoms. The molecule has 1 N–H and O–H groups in total. The van der Waals surface area contributed by atoms with E-state index in [0.29, 0.717) is 16.0 Å². The van der Waals surface area contributed by atoms with Crippen LogP contribution in [0.25, 0.3) is 11.4 Å². The molecule has 1 aromatic heterocycles. The molecule has 0 saturated carbocycles. The van der Waals surface area contributed by atoms with Crippen LogP contribution in [0.2, 0.25) is 0 Å². The van der Waals surface area contributed by atoms with E-state index in [2.05, 4.69) is 39.5 Å². The van der Waals surface area contributed by atoms with Gasteiger partial charge in [-0.05, 0) is 48.1 Å². The Labute approximate surface area is 131 Å². The minimum Gasteiger partial charge on any atom is -0.494 e. The SMILES string of the molecule is CCCc1nc(-c2cccc(OCC)c2)[nH]c(=O)c1I. The fraction of sp³-hybridized carbons (Fsp3) is 0.333. The molecule has 0 fully saturated rings. The van der Waals surface area contributed by atoms with Gasteiger partial charge in [-0.1, -0.05) is 25.5 Å². The Morgan fingerprint density at radius 1 is 1.35 bits per heavy atom. The summed E-state index contributed by atoms with van der Waals surface area (Å²) in [5.74, 6) is 1.38. The molecule has 0 bridgehead atoms. The number of hydrogen-bond acceptors (Lipinski definition) is 3. The molecule has 0 aliphatic carbocycles. The van der Waals surface area contributed by atoms with Gasteiger partial charge in [0.15, 0.2) is 0 Å². The number of ether oxygens (including phenoxy) is 1. The first-order chi connectivity index (χ1) is 9.65. The van der Waals surface area contributed by atoms with Crippen LogP contribution < -0.4 is 10.3 Å². The average molecular weight is 384 g/mol. The zero-order chi connectivity index (χ0) is 14.5. The standard InChI is InChI=1S/C15H17IN2O2/c1-3-6-12-13(16)15(19)18-14(17-12)10-7-5-8-11(9-10)20-4-2/h5,7-9H,3-4,6H2,1-2H3,(H,17,18,19). The van der Waals surface area contributed by atoms with E-state index in [1.807, 2.05) is 31.2 Å². The summed E-state index contributed by atoms with van der Waals surface area (Å²) in [6.45, 7) is 4.63. The smallest absolute Gasteiger partial charge is 0.264 e. The summed E-state index contributed by atoms with van der Waals surface area (Å²) < 4.78 is 6.15. The number of H-pyrrole nitrogens is 1. The first-order valence-corrected chi connectivity index (χ1v) is 7.75. The van der Waals surface area contributed by atoms with Crippen LogP contribution in [0.5, 0.6) is 5.75 Å². The van der Waals surface area contributed by atoms with Crippen molar-refractivity contribution >= 4 is 22.6 Å². The lowest BCUT2D eigenvalue weighted by Crippen LogP contribution is -2.16. The Morgan fingerprint density at radius 2 is 2.15 bits per heavy atom. The summed E-state index contributed by atoms with van der Waals surface area (Å²) in [6.07, 6.45) is 1.77. The minimum atomic E-state index is -0.0825. The van der Waals surface area contributed by atoms with Gasteiger partial charge in [0.25, 0.3) is 5.56 Å². The Hall–Kier alpha value is -1.37. The highest BCUT2D eigenvalue weighted by Gasteiger charge is 2.10. The van der Waals surface area contributed by atoms with Crippen LogP contribution in [0, 0.1) is 3.57 Å². The molecule has 0 spiro atoms. The number of nitrogens with zero attached hydrogens (tertiary/aromatic N) is 1. The summed E-state index contributed by atoms with van der Waals surface area (Å²) in [6, 6.07) is 7.61. The van der Waals surface area contributed by atoms with Gasteiger partial charge in [-0.15, -0.1) is 0 Å². The third-order valence-electron chi connectivity index (χ3n) is 2.84. The second-order valence-electron chi connectivity index (χ2n) is 4.39. The van der Waals surface area contributed by atoms with Gasteiger partial charge >= 0.3 is 0 Å². The summed E-state index contributed by atoms with van der Waals surface area (Å²) in [4.78, 5) is 19.4. The molecule has 0 aliphatic rings. The van der Waals surface area contributed by atoms with Crippen LogP contribution in [0.4, 0.5) is 0 Å². The summed E-state index contributed by atoms with van der Waals surface area (Å²) in [7, 11) is 0. The van der Waals surface area contributed by atoms with Gasteiger partial charge in [0.1, 0.15) is 11.6 Å². The maximum Gasteiger partial charge on any atom is 0.264 e. The number of aromatic nitrogens is 2. The van der Waals surface area contributed by atoms with Gasteiger partial charge in [0.05, 0.1) is 15.9 Å². The third kappa shape index (κ3) is 3.39. The molecule has 1 heterocycles. The summed E-state index contributed by atoms with van der Waals surface area (Å²) in [5, 5.41) is 0. The van der Waals surface area contributed by atoms with Crippen LogP contribution in [0.15, 0.2) is 29.1 Å². The second-order valence-corrected chi connectivity index (χ2v) is 5.46. The van der Waals surface area contributed by atoms with E-state index in [1.165, 1.54) is 0 Å². The predicted octanol–water partition coefficient (Wildman–Crippen LogP) is 3.39. The van der Waals surface area contributed by atoms with Gasteiger partial charge in [0, 0.05) is 5.56 Å². The number of aryl methyl sites for hydroxylation is 1. The highest BCUT2D eigenvalue weighted by Crippen LogP contribution is 2.21. The van der Waals surface area contributed by atoms with E-state index in [-0.39, 0.29) is 5.56 Å². The maximum atomic E-state index is 12.0. The zero-order valence-electron chi connectivity index (χ0n) is 11.6. The fourth-order valence-electron chi connectivity index (χ4n) is 1.94. The van der Waals surface area contributed by atoms with Gasteiger partial charge in [-0.3, -0.25) is 4.79 Å². The van der Waals surface area contributed by atoms with Crippen LogP contribution in [0.3, 0.4) is 0 Å². The third-order valence-corrected chi connectivity index (χ3v) is 3.95. The number of nitrogens with one attached hydrogen (secondary N) is 1. The molecule has 20 heavy (non-hydrogen) atoms. The minimum absolute atomic E-state index is 0.0825. The van der Waals surface area contributed by atoms with E-state index >= 15 is 0 Å². The van der Waals surface area contributed by atoms with Crippen molar-refractivity contribution in [3.63, 3.8) is 0 Å². The zero-order valence-corrected chi connectivity index (χ0v) is 13.7. The number of benzene rings is 1. The molecule has 4 nitrogen and oxygen atoms in total. The Bertz CT molecular complexity index is 653. The normalized spacial score (nSPS) is 10.6. The quantitative estimate of drug-likeness (QED) is 0.805. The monoisotopic (exact) mass is 384 g/mol. The molecule has 0 amide bonds. The Balaban J connectivity index is 2.47. The molecular weight excluding hydrogens is 367 g/mol. The highest BCUT2D eigenvalue weighted by molar-refractivity contribution is 14.1. The van der Waals surface area contributed by atoms with Crippen molar-refractivity contribution in [2.75, 3.05) is 6.61 Å². The first kappa shape index (κ1) is 15.0. The van der Waals surface area contributed by atoms with Crippen molar-refractivity contribution in [2.24, 2.45) is 0 Å². The lowest BCUT2D eigenvalue weighted by atomic mass is 10.2. The van der Waals surface area contributed by atoms with Crippen molar-refractivity contribution in [3.8, 4) is 17.1 Å². The topological polar surface area (TPSA) is 55.0 Å². The van der Waals surface area contributed by atoms with Crippen LogP contribution in [-0.2, 0) is 6.42 Å². The molecular formula is C15H17IN2O2. The Morgan fingerprint density at radius 3 is 2.85 bits per heavy atom. The van der Waals surface area contributed by atoms with E-state index in [1.54, 1.807) is 0 Å². The van der Waals surface area contributed by atoms with Crippen molar-refractivity contribution in [1.29, 1.82) is 0 Å². The van der Waals surface area contributed by atoms with Gasteiger partial charge in [-0.2, -0.15) is 0 Å². The van der Waals surface area contributed by atoms with E-state index in [0.717, 1.165) is 29.8 Å². The van der Waals surface area contributed by atoms with Gasteiger partial charge < -0.3 is 9.72 Å². The second kappa shape index (κ2) is 6.88. The maximum absolute atomic E-state index is 12.0. The van der Waals surface area contributed by atoms with Crippen LogP contribution in [0.1, 0.15) is 26.0 Å². The molecule has 0 unspecified atom stereocenters. The van der Waals surface area contributed by atoms with Gasteiger partial charge in [0.2, 0.25) is 0 Å². The molecule has 2 rings (SSSR count). The summed E-state index contributed by atoms with van der Waals surface area (Å²) >= 11 is 2.05. The fourth-order valence-corrected chi connectivity index (χ4v) is 2.47. The number of rotatable bonds is 5. The first-order valence-electron chi connectivity index (χ1n) is 6.67. The lowest BCUT2D eigenvalue weighted by molar-refractivity contribution is 0.340. The lowest BCUT2D eigenvalue weighted by Gasteiger charge is -2.08. The molecule has 0 aliphatic heterocycles. The van der Waals surface area contributed by atoms with Crippen LogP contribution >= 0.6 is 22.6 Å². The van der Waals surface area contributed by atoms with E-state index < -0.39 is 0 Å². The van der Waals surface area contributed by atoms with Gasteiger partial charge in [-0.25, -0.2) is 4.98 Å². The molecule has 1 aromatic carbocycles. The number of aromatic amines is 1. The molecule has 2 aromatic rings. The average Bonchev–Trinajstić information content (AvgIpc) is 2.44. The molecule has 106 valence electrons. The largest absolute Gasteiger partial charge is 0.494 e. The van der Waals surface area contributed by atoms with E-state index in [9.17, 15) is 4.79 Å². The van der Waals surface area contributed by atoms with Crippen molar-refractivity contribution < 1.29 is 4.74 Å². The highest BCUT2D eigenvalue weighted by atomic mass is 127. The van der Waals surface area contributed by atoms with Crippen molar-refractivity contribution in [2.45, 2.75) is 26.7 Å². The predicted molar refractivity (Wildman–Crippen MR) is 88.2 cm³/mol. The Kier molecular flexibility index (Phi) is 5.17. The van der Waals surface area contributed by atoms with E-state index in [4.69, 9.17) is 4.74 Å². The van der Waals surface area contributed by atoms with Crippen molar-refractivity contribution in [1.82, 2.24) is 9.97 Å². The number of halogens is 1. The number of hydrogen-bond donors (Lipinski definition) is 1. The van der Waals surface area contributed by atoms with Crippen molar-refractivity contribution in [3.05, 3.63) is 43.9 Å². The van der Waals surface area contributed by atoms with Crippen LogP contribution in [-0.4, -0.2) is 16.6 Å².